The first-order valence-electron chi connectivity index (χ1n) is 4.69. The number of alkyl halides is 1. The van der Waals surface area contributed by atoms with E-state index >= 15 is 0 Å². The van der Waals surface area contributed by atoms with Gasteiger partial charge in [0.25, 0.3) is 0 Å². The van der Waals surface area contributed by atoms with Crippen molar-refractivity contribution in [1.29, 1.82) is 0 Å². The Kier molecular flexibility index (Phi) is 1.98. The van der Waals surface area contributed by atoms with E-state index in [2.05, 4.69) is 0 Å². The molecule has 1 N–H and O–H groups in total. The second-order valence-electron chi connectivity index (χ2n) is 3.72. The second kappa shape index (κ2) is 3.02. The molecular formula is C11H13FO. The summed E-state index contributed by atoms with van der Waals surface area (Å²) < 4.78 is 14.1. The average molecular weight is 180 g/mol. The minimum absolute atomic E-state index is 0.199. The number of phenolic OH excluding ortho intramolecular Hbond substituents is 1. The molecule has 13 heavy (non-hydrogen) atoms. The van der Waals surface area contributed by atoms with Crippen LogP contribution in [0.25, 0.3) is 0 Å². The SMILES string of the molecule is Oc1ccc(C2(F)CCCC2)cc1. The second-order valence-corrected chi connectivity index (χ2v) is 3.72. The fraction of sp³-hybridized carbons (Fsp3) is 0.455. The molecule has 0 amide bonds. The lowest BCUT2D eigenvalue weighted by Gasteiger charge is -2.19. The van der Waals surface area contributed by atoms with Crippen LogP contribution in [0.4, 0.5) is 4.39 Å². The van der Waals surface area contributed by atoms with Crippen molar-refractivity contribution in [2.45, 2.75) is 31.4 Å². The number of phenols is 1. The van der Waals surface area contributed by atoms with E-state index < -0.39 is 5.67 Å². The number of halogens is 1. The van der Waals surface area contributed by atoms with Gasteiger partial charge in [-0.1, -0.05) is 12.1 Å². The fourth-order valence-electron chi connectivity index (χ4n) is 1.98. The maximum Gasteiger partial charge on any atom is 0.136 e. The van der Waals surface area contributed by atoms with Crippen LogP contribution in [-0.4, -0.2) is 5.11 Å². The summed E-state index contributed by atoms with van der Waals surface area (Å²) in [5.74, 6) is 0.199. The standard InChI is InChI=1S/C11H13FO/c12-11(7-1-2-8-11)9-3-5-10(13)6-4-9/h3-6,13H,1-2,7-8H2. The van der Waals surface area contributed by atoms with Crippen LogP contribution in [0.5, 0.6) is 5.75 Å². The third kappa shape index (κ3) is 1.53. The van der Waals surface area contributed by atoms with Crippen molar-refractivity contribution < 1.29 is 9.50 Å². The smallest absolute Gasteiger partial charge is 0.136 e. The molecule has 0 unspecified atom stereocenters. The van der Waals surface area contributed by atoms with Crippen molar-refractivity contribution in [2.24, 2.45) is 0 Å². The van der Waals surface area contributed by atoms with Crippen LogP contribution in [0.2, 0.25) is 0 Å². The zero-order valence-corrected chi connectivity index (χ0v) is 7.46. The molecule has 1 aromatic carbocycles. The summed E-state index contributed by atoms with van der Waals surface area (Å²) in [4.78, 5) is 0. The molecule has 1 fully saturated rings. The molecule has 1 nitrogen and oxygen atoms in total. The normalized spacial score (nSPS) is 20.4. The zero-order chi connectivity index (χ0) is 9.31. The lowest BCUT2D eigenvalue weighted by Crippen LogP contribution is -2.14. The highest BCUT2D eigenvalue weighted by molar-refractivity contribution is 5.30. The topological polar surface area (TPSA) is 20.2 Å². The maximum absolute atomic E-state index is 14.1. The summed E-state index contributed by atoms with van der Waals surface area (Å²) in [6.07, 6.45) is 3.18. The van der Waals surface area contributed by atoms with Gasteiger partial charge in [0.2, 0.25) is 0 Å². The van der Waals surface area contributed by atoms with E-state index in [9.17, 15) is 4.39 Å². The quantitative estimate of drug-likeness (QED) is 0.704. The Labute approximate surface area is 77.2 Å². The summed E-state index contributed by atoms with van der Waals surface area (Å²) in [6.45, 7) is 0. The van der Waals surface area contributed by atoms with Gasteiger partial charge in [0, 0.05) is 0 Å². The number of aromatic hydroxyl groups is 1. The lowest BCUT2D eigenvalue weighted by atomic mass is 9.94. The fourth-order valence-corrected chi connectivity index (χ4v) is 1.98. The van der Waals surface area contributed by atoms with Crippen LogP contribution >= 0.6 is 0 Å². The molecule has 2 rings (SSSR count). The first kappa shape index (κ1) is 8.54. The molecule has 1 aromatic rings. The van der Waals surface area contributed by atoms with E-state index in [-0.39, 0.29) is 5.75 Å². The monoisotopic (exact) mass is 180 g/mol. The Morgan fingerprint density at radius 1 is 1.08 bits per heavy atom. The summed E-state index contributed by atoms with van der Waals surface area (Å²) in [5.41, 5.74) is -0.420. The first-order valence-corrected chi connectivity index (χ1v) is 4.69. The van der Waals surface area contributed by atoms with Crippen LogP contribution in [-0.2, 0) is 5.67 Å². The average Bonchev–Trinajstić information content (AvgIpc) is 2.54. The molecule has 2 heteroatoms. The highest BCUT2D eigenvalue weighted by atomic mass is 19.1. The van der Waals surface area contributed by atoms with Crippen LogP contribution in [0.3, 0.4) is 0 Å². The summed E-state index contributed by atoms with van der Waals surface area (Å²) in [6, 6.07) is 6.46. The zero-order valence-electron chi connectivity index (χ0n) is 7.46. The van der Waals surface area contributed by atoms with Crippen molar-refractivity contribution in [3.63, 3.8) is 0 Å². The molecule has 1 saturated carbocycles. The van der Waals surface area contributed by atoms with Gasteiger partial charge in [0.1, 0.15) is 11.4 Å². The predicted octanol–water partition coefficient (Wildman–Crippen LogP) is 3.13. The Balaban J connectivity index is 2.29. The molecular weight excluding hydrogens is 167 g/mol. The van der Waals surface area contributed by atoms with E-state index in [1.807, 2.05) is 0 Å². The molecule has 0 aromatic heterocycles. The Morgan fingerprint density at radius 3 is 2.15 bits per heavy atom. The Bertz CT molecular complexity index is 285. The van der Waals surface area contributed by atoms with Crippen molar-refractivity contribution in [3.05, 3.63) is 29.8 Å². The van der Waals surface area contributed by atoms with Crippen LogP contribution in [0.15, 0.2) is 24.3 Å². The molecule has 0 aliphatic heterocycles. The van der Waals surface area contributed by atoms with Crippen molar-refractivity contribution in [1.82, 2.24) is 0 Å². The van der Waals surface area contributed by atoms with E-state index in [0.29, 0.717) is 18.4 Å². The summed E-state index contributed by atoms with van der Waals surface area (Å²) in [5, 5.41) is 9.06. The minimum Gasteiger partial charge on any atom is -0.508 e. The largest absolute Gasteiger partial charge is 0.508 e. The van der Waals surface area contributed by atoms with Gasteiger partial charge in [-0.05, 0) is 43.4 Å². The first-order chi connectivity index (χ1) is 6.21. The van der Waals surface area contributed by atoms with Gasteiger partial charge in [0.15, 0.2) is 0 Å². The van der Waals surface area contributed by atoms with E-state index in [1.165, 1.54) is 0 Å². The molecule has 1 aliphatic rings. The number of rotatable bonds is 1. The molecule has 0 saturated heterocycles. The van der Waals surface area contributed by atoms with Crippen molar-refractivity contribution in [3.8, 4) is 5.75 Å². The number of hydrogen-bond donors (Lipinski definition) is 1. The molecule has 0 atom stereocenters. The molecule has 70 valence electrons. The molecule has 0 radical (unpaired) electrons. The van der Waals surface area contributed by atoms with Gasteiger partial charge in [-0.15, -0.1) is 0 Å². The number of hydrogen-bond acceptors (Lipinski definition) is 1. The van der Waals surface area contributed by atoms with Gasteiger partial charge in [-0.3, -0.25) is 0 Å². The highest BCUT2D eigenvalue weighted by Gasteiger charge is 2.35. The van der Waals surface area contributed by atoms with Crippen molar-refractivity contribution >= 4 is 0 Å². The third-order valence-electron chi connectivity index (χ3n) is 2.78. The van der Waals surface area contributed by atoms with E-state index in [0.717, 1.165) is 12.8 Å². The Hall–Kier alpha value is -1.05. The lowest BCUT2D eigenvalue weighted by molar-refractivity contribution is 0.174. The molecule has 0 heterocycles. The van der Waals surface area contributed by atoms with Gasteiger partial charge in [-0.25, -0.2) is 4.39 Å². The van der Waals surface area contributed by atoms with Crippen LogP contribution in [0, 0.1) is 0 Å². The summed E-state index contributed by atoms with van der Waals surface area (Å²) in [7, 11) is 0. The van der Waals surface area contributed by atoms with Crippen LogP contribution in [0.1, 0.15) is 31.2 Å². The Morgan fingerprint density at radius 2 is 1.62 bits per heavy atom. The van der Waals surface area contributed by atoms with Crippen molar-refractivity contribution in [2.75, 3.05) is 0 Å². The molecule has 0 spiro atoms. The number of benzene rings is 1. The van der Waals surface area contributed by atoms with E-state index in [1.54, 1.807) is 24.3 Å². The predicted molar refractivity (Wildman–Crippen MR) is 49.4 cm³/mol. The molecule has 1 aliphatic carbocycles. The van der Waals surface area contributed by atoms with E-state index in [4.69, 9.17) is 5.11 Å². The molecule has 0 bridgehead atoms. The highest BCUT2D eigenvalue weighted by Crippen LogP contribution is 2.42. The van der Waals surface area contributed by atoms with Gasteiger partial charge < -0.3 is 5.11 Å². The van der Waals surface area contributed by atoms with Gasteiger partial charge in [0.05, 0.1) is 0 Å². The van der Waals surface area contributed by atoms with Crippen LogP contribution < -0.4 is 0 Å². The minimum atomic E-state index is -1.13. The maximum atomic E-state index is 14.1. The summed E-state index contributed by atoms with van der Waals surface area (Å²) >= 11 is 0. The van der Waals surface area contributed by atoms with Gasteiger partial charge in [-0.2, -0.15) is 0 Å². The third-order valence-corrected chi connectivity index (χ3v) is 2.78. The van der Waals surface area contributed by atoms with Gasteiger partial charge >= 0.3 is 0 Å².